The normalized spacial score (nSPS) is 24.1. The van der Waals surface area contributed by atoms with Crippen LogP contribution in [0, 0.1) is 0 Å². The number of esters is 1. The van der Waals surface area contributed by atoms with E-state index in [9.17, 15) is 18.0 Å². The maximum absolute atomic E-state index is 11.9. The van der Waals surface area contributed by atoms with Gasteiger partial charge in [0.15, 0.2) is 6.23 Å². The molecule has 2 fully saturated rings. The number of carbonyl (C=O) groups excluding carboxylic acids is 1. The van der Waals surface area contributed by atoms with Gasteiger partial charge < -0.3 is 15.0 Å². The van der Waals surface area contributed by atoms with Gasteiger partial charge in [0.25, 0.3) is 0 Å². The number of rotatable bonds is 8. The molecule has 0 spiro atoms. The van der Waals surface area contributed by atoms with Crippen molar-refractivity contribution in [2.45, 2.75) is 44.5 Å². The van der Waals surface area contributed by atoms with E-state index in [0.29, 0.717) is 13.0 Å². The van der Waals surface area contributed by atoms with Crippen molar-refractivity contribution in [2.24, 2.45) is 0 Å². The zero-order chi connectivity index (χ0) is 16.7. The number of halogens is 3. The van der Waals surface area contributed by atoms with E-state index in [1.165, 1.54) is 0 Å². The van der Waals surface area contributed by atoms with Crippen LogP contribution in [0.4, 0.5) is 13.2 Å². The zero-order valence-electron chi connectivity index (χ0n) is 13.4. The monoisotopic (exact) mass is 337 g/mol. The van der Waals surface area contributed by atoms with Gasteiger partial charge in [-0.05, 0) is 25.9 Å². The van der Waals surface area contributed by atoms with Crippen LogP contribution >= 0.6 is 0 Å². The smallest absolute Gasteiger partial charge is 0.401 e. The van der Waals surface area contributed by atoms with E-state index in [0.717, 1.165) is 58.4 Å². The number of nitrogens with zero attached hydrogens (tertiary/aromatic N) is 2. The van der Waals surface area contributed by atoms with Gasteiger partial charge in [-0.3, -0.25) is 9.69 Å². The second kappa shape index (κ2) is 8.84. The van der Waals surface area contributed by atoms with E-state index in [4.69, 9.17) is 4.74 Å². The number of ether oxygens (including phenoxy) is 1. The summed E-state index contributed by atoms with van der Waals surface area (Å²) in [5.41, 5.74) is 0. The van der Waals surface area contributed by atoms with E-state index in [1.54, 1.807) is 0 Å². The summed E-state index contributed by atoms with van der Waals surface area (Å²) in [4.78, 5) is 15.7. The van der Waals surface area contributed by atoms with Gasteiger partial charge in [-0.2, -0.15) is 13.2 Å². The highest BCUT2D eigenvalue weighted by Crippen LogP contribution is 2.19. The van der Waals surface area contributed by atoms with E-state index in [1.807, 2.05) is 0 Å². The van der Waals surface area contributed by atoms with Crippen LogP contribution in [-0.4, -0.2) is 74.0 Å². The summed E-state index contributed by atoms with van der Waals surface area (Å²) in [5.74, 6) is -0.100. The molecule has 2 heterocycles. The third-order valence-corrected chi connectivity index (χ3v) is 4.33. The number of hydrogen-bond acceptors (Lipinski definition) is 5. The molecule has 2 rings (SSSR count). The quantitative estimate of drug-likeness (QED) is 0.538. The summed E-state index contributed by atoms with van der Waals surface area (Å²) < 4.78 is 41.1. The maximum Gasteiger partial charge on any atom is 0.401 e. The Morgan fingerprint density at radius 2 is 1.87 bits per heavy atom. The molecule has 0 radical (unpaired) electrons. The second-order valence-electron chi connectivity index (χ2n) is 6.21. The molecular formula is C15H26F3N3O2. The van der Waals surface area contributed by atoms with E-state index >= 15 is 0 Å². The molecule has 2 aliphatic rings. The Balaban J connectivity index is 1.46. The lowest BCUT2D eigenvalue weighted by atomic mass is 10.2. The Morgan fingerprint density at radius 1 is 1.13 bits per heavy atom. The van der Waals surface area contributed by atoms with Gasteiger partial charge in [0.05, 0.1) is 13.0 Å². The van der Waals surface area contributed by atoms with Crippen molar-refractivity contribution in [1.82, 2.24) is 15.1 Å². The van der Waals surface area contributed by atoms with Gasteiger partial charge >= 0.3 is 12.1 Å². The predicted molar refractivity (Wildman–Crippen MR) is 79.9 cm³/mol. The Hall–Kier alpha value is -0.860. The Labute approximate surface area is 135 Å². The summed E-state index contributed by atoms with van der Waals surface area (Å²) in [6.07, 6.45) is -0.125. The van der Waals surface area contributed by atoms with Crippen LogP contribution in [0.1, 0.15) is 32.1 Å². The van der Waals surface area contributed by atoms with Crippen LogP contribution in [0.3, 0.4) is 0 Å². The highest BCUT2D eigenvalue weighted by molar-refractivity contribution is 5.71. The van der Waals surface area contributed by atoms with E-state index in [-0.39, 0.29) is 12.2 Å². The van der Waals surface area contributed by atoms with Crippen molar-refractivity contribution < 1.29 is 22.7 Å². The first kappa shape index (κ1) is 18.5. The van der Waals surface area contributed by atoms with Crippen LogP contribution in [0.25, 0.3) is 0 Å². The lowest BCUT2D eigenvalue weighted by molar-refractivity contribution is -0.149. The van der Waals surface area contributed by atoms with Gasteiger partial charge in [-0.1, -0.05) is 6.42 Å². The number of hydrogen-bond donors (Lipinski definition) is 1. The molecule has 0 amide bonds. The summed E-state index contributed by atoms with van der Waals surface area (Å²) in [5, 5.41) is 2.42. The lowest BCUT2D eigenvalue weighted by Crippen LogP contribution is -2.50. The summed E-state index contributed by atoms with van der Waals surface area (Å²) in [7, 11) is 0. The first-order valence-corrected chi connectivity index (χ1v) is 8.37. The van der Waals surface area contributed by atoms with Crippen molar-refractivity contribution in [3.8, 4) is 0 Å². The molecule has 1 unspecified atom stereocenters. The van der Waals surface area contributed by atoms with Gasteiger partial charge in [0.2, 0.25) is 0 Å². The van der Waals surface area contributed by atoms with Crippen LogP contribution in [0.2, 0.25) is 0 Å². The average Bonchev–Trinajstić information content (AvgIpc) is 2.92. The highest BCUT2D eigenvalue weighted by atomic mass is 19.4. The molecular weight excluding hydrogens is 311 g/mol. The molecule has 5 nitrogen and oxygen atoms in total. The molecule has 0 bridgehead atoms. The molecule has 2 aliphatic heterocycles. The largest absolute Gasteiger partial charge is 0.446 e. The molecule has 1 N–H and O–H groups in total. The van der Waals surface area contributed by atoms with Gasteiger partial charge in [0.1, 0.15) is 0 Å². The van der Waals surface area contributed by atoms with Crippen molar-refractivity contribution in [2.75, 3.05) is 45.8 Å². The van der Waals surface area contributed by atoms with Gasteiger partial charge in [-0.25, -0.2) is 0 Å². The van der Waals surface area contributed by atoms with Crippen molar-refractivity contribution in [3.05, 3.63) is 0 Å². The van der Waals surface area contributed by atoms with Crippen LogP contribution < -0.4 is 5.32 Å². The molecule has 134 valence electrons. The molecule has 0 aromatic carbocycles. The number of unbranched alkanes of at least 4 members (excludes halogenated alkanes) is 2. The average molecular weight is 337 g/mol. The zero-order valence-corrected chi connectivity index (χ0v) is 13.4. The fourth-order valence-electron chi connectivity index (χ4n) is 3.04. The number of alkyl halides is 3. The Morgan fingerprint density at radius 3 is 2.48 bits per heavy atom. The predicted octanol–water partition coefficient (Wildman–Crippen LogP) is 1.59. The number of piperazine rings is 1. The number of carbonyl (C=O) groups is 1. The Bertz CT molecular complexity index is 371. The van der Waals surface area contributed by atoms with Crippen LogP contribution in [0.5, 0.6) is 0 Å². The van der Waals surface area contributed by atoms with Crippen molar-refractivity contribution in [3.63, 3.8) is 0 Å². The third-order valence-electron chi connectivity index (χ3n) is 4.33. The van der Waals surface area contributed by atoms with Crippen LogP contribution in [-0.2, 0) is 9.53 Å². The van der Waals surface area contributed by atoms with Gasteiger partial charge in [0, 0.05) is 32.6 Å². The first-order valence-electron chi connectivity index (χ1n) is 8.37. The van der Waals surface area contributed by atoms with Crippen LogP contribution in [0.15, 0.2) is 0 Å². The van der Waals surface area contributed by atoms with E-state index < -0.39 is 12.7 Å². The molecule has 0 saturated carbocycles. The maximum atomic E-state index is 11.9. The summed E-state index contributed by atoms with van der Waals surface area (Å²) in [6.45, 7) is 4.23. The standard InChI is InChI=1S/C15H26F3N3O2/c16-15(17,18)12-19-6-2-1-3-7-20-8-10-21(11-9-20)13-4-5-14(22)23-13/h13,19H,1-12H2. The summed E-state index contributed by atoms with van der Waals surface area (Å²) >= 11 is 0. The molecule has 1 atom stereocenters. The molecule has 2 saturated heterocycles. The number of nitrogens with one attached hydrogen (secondary N) is 1. The lowest BCUT2D eigenvalue weighted by Gasteiger charge is -2.37. The second-order valence-corrected chi connectivity index (χ2v) is 6.21. The van der Waals surface area contributed by atoms with Gasteiger partial charge in [-0.15, -0.1) is 0 Å². The summed E-state index contributed by atoms with van der Waals surface area (Å²) in [6, 6.07) is 0. The minimum Gasteiger partial charge on any atom is -0.446 e. The highest BCUT2D eigenvalue weighted by Gasteiger charge is 2.31. The topological polar surface area (TPSA) is 44.8 Å². The first-order chi connectivity index (χ1) is 10.9. The Kier molecular flexibility index (Phi) is 7.10. The molecule has 0 aromatic heterocycles. The SMILES string of the molecule is O=C1CCC(N2CCN(CCCCCNCC(F)(F)F)CC2)O1. The van der Waals surface area contributed by atoms with Crippen molar-refractivity contribution in [1.29, 1.82) is 0 Å². The minimum atomic E-state index is -4.12. The number of cyclic esters (lactones) is 1. The molecule has 0 aromatic rings. The molecule has 8 heteroatoms. The fourth-order valence-corrected chi connectivity index (χ4v) is 3.04. The van der Waals surface area contributed by atoms with Crippen molar-refractivity contribution >= 4 is 5.97 Å². The molecule has 0 aliphatic carbocycles. The third kappa shape index (κ3) is 7.05. The molecule has 23 heavy (non-hydrogen) atoms. The minimum absolute atomic E-state index is 0.0376. The fraction of sp³-hybridized carbons (Fsp3) is 0.933. The van der Waals surface area contributed by atoms with E-state index in [2.05, 4.69) is 15.1 Å².